The molecular formula is C28H23ClFN3O3. The molecule has 1 aromatic heterocycles. The Morgan fingerprint density at radius 2 is 1.72 bits per heavy atom. The summed E-state index contributed by atoms with van der Waals surface area (Å²) in [5.74, 6) is -0.418. The van der Waals surface area contributed by atoms with Crippen molar-refractivity contribution >= 4 is 23.4 Å². The van der Waals surface area contributed by atoms with E-state index in [0.29, 0.717) is 34.9 Å². The molecule has 0 saturated heterocycles. The van der Waals surface area contributed by atoms with Crippen molar-refractivity contribution < 1.29 is 18.7 Å². The highest BCUT2D eigenvalue weighted by Gasteiger charge is 2.24. The molecule has 0 radical (unpaired) electrons. The van der Waals surface area contributed by atoms with Gasteiger partial charge in [-0.1, -0.05) is 48.0 Å². The maximum atomic E-state index is 12.8. The molecule has 0 saturated carbocycles. The number of hydrogen-bond acceptors (Lipinski definition) is 4. The molecule has 6 nitrogen and oxygen atoms in total. The van der Waals surface area contributed by atoms with Crippen LogP contribution in [0.25, 0.3) is 11.1 Å². The van der Waals surface area contributed by atoms with E-state index >= 15 is 0 Å². The number of aromatic nitrogens is 1. The molecule has 3 N–H and O–H groups in total. The van der Waals surface area contributed by atoms with Gasteiger partial charge < -0.3 is 15.8 Å². The van der Waals surface area contributed by atoms with Crippen LogP contribution in [0.4, 0.5) is 4.39 Å². The van der Waals surface area contributed by atoms with Gasteiger partial charge in [0.1, 0.15) is 17.3 Å². The lowest BCUT2D eigenvalue weighted by Gasteiger charge is -2.25. The van der Waals surface area contributed by atoms with E-state index in [-0.39, 0.29) is 17.8 Å². The summed E-state index contributed by atoms with van der Waals surface area (Å²) >= 11 is 5.88. The van der Waals surface area contributed by atoms with Crippen LogP contribution < -0.4 is 15.8 Å². The number of amides is 2. The van der Waals surface area contributed by atoms with Crippen LogP contribution in [0.1, 0.15) is 38.9 Å². The van der Waals surface area contributed by atoms with Gasteiger partial charge in [-0.3, -0.25) is 14.6 Å². The number of carbonyl (C=O) groups excluding carboxylic acids is 2. The van der Waals surface area contributed by atoms with E-state index in [1.54, 1.807) is 24.4 Å². The predicted octanol–water partition coefficient (Wildman–Crippen LogP) is 5.58. The minimum Gasteiger partial charge on any atom is -0.491 e. The molecule has 2 amide bonds. The van der Waals surface area contributed by atoms with Gasteiger partial charge in [-0.25, -0.2) is 4.39 Å². The topological polar surface area (TPSA) is 94.3 Å². The van der Waals surface area contributed by atoms with Crippen molar-refractivity contribution in [2.45, 2.75) is 12.5 Å². The lowest BCUT2D eigenvalue weighted by atomic mass is 10.0. The van der Waals surface area contributed by atoms with Crippen LogP contribution in [0.2, 0.25) is 5.02 Å². The number of nitrogens with two attached hydrogens (primary N) is 1. The maximum Gasteiger partial charge on any atom is 0.251 e. The molecule has 1 aliphatic rings. The van der Waals surface area contributed by atoms with Crippen molar-refractivity contribution in [1.82, 2.24) is 10.3 Å². The Kier molecular flexibility index (Phi) is 7.92. The Morgan fingerprint density at radius 3 is 2.44 bits per heavy atom. The van der Waals surface area contributed by atoms with Crippen LogP contribution in [0.3, 0.4) is 0 Å². The third-order valence-electron chi connectivity index (χ3n) is 5.54. The molecule has 0 fully saturated rings. The summed E-state index contributed by atoms with van der Waals surface area (Å²) in [6.07, 6.45) is 2.33. The first kappa shape index (κ1) is 24.9. The summed E-state index contributed by atoms with van der Waals surface area (Å²) in [4.78, 5) is 27.5. The fourth-order valence-corrected chi connectivity index (χ4v) is 3.93. The van der Waals surface area contributed by atoms with Crippen molar-refractivity contribution in [2.24, 2.45) is 5.73 Å². The first-order valence-electron chi connectivity index (χ1n) is 11.2. The van der Waals surface area contributed by atoms with Gasteiger partial charge in [0.2, 0.25) is 5.91 Å². The Bertz CT molecular complexity index is 1360. The van der Waals surface area contributed by atoms with E-state index < -0.39 is 5.91 Å². The summed E-state index contributed by atoms with van der Waals surface area (Å²) in [5.41, 5.74) is 8.70. The third kappa shape index (κ3) is 6.06. The highest BCUT2D eigenvalue weighted by atomic mass is 35.5. The predicted molar refractivity (Wildman–Crippen MR) is 136 cm³/mol. The second-order valence-corrected chi connectivity index (χ2v) is 8.39. The zero-order chi connectivity index (χ0) is 25.5. The van der Waals surface area contributed by atoms with Crippen molar-refractivity contribution in [2.75, 3.05) is 6.61 Å². The average Bonchev–Trinajstić information content (AvgIpc) is 2.90. The second kappa shape index (κ2) is 11.5. The van der Waals surface area contributed by atoms with E-state index in [0.717, 1.165) is 16.8 Å². The molecule has 36 heavy (non-hydrogen) atoms. The summed E-state index contributed by atoms with van der Waals surface area (Å²) < 4.78 is 18.3. The van der Waals surface area contributed by atoms with E-state index in [1.165, 1.54) is 24.3 Å². The highest BCUT2D eigenvalue weighted by Crippen LogP contribution is 2.29. The van der Waals surface area contributed by atoms with E-state index in [9.17, 15) is 14.0 Å². The molecule has 4 aromatic rings. The molecule has 1 unspecified atom stereocenters. The Morgan fingerprint density at radius 1 is 0.972 bits per heavy atom. The lowest BCUT2D eigenvalue weighted by molar-refractivity contribution is 0.0922. The molecule has 2 heterocycles. The minimum absolute atomic E-state index is 0.183. The number of carbonyl (C=O) groups is 2. The van der Waals surface area contributed by atoms with Gasteiger partial charge in [0.05, 0.1) is 23.2 Å². The molecule has 182 valence electrons. The van der Waals surface area contributed by atoms with Crippen LogP contribution in [-0.2, 0) is 0 Å². The van der Waals surface area contributed by atoms with Gasteiger partial charge >= 0.3 is 0 Å². The van der Waals surface area contributed by atoms with Crippen LogP contribution in [-0.4, -0.2) is 23.4 Å². The number of benzene rings is 3. The number of primary amides is 1. The van der Waals surface area contributed by atoms with Gasteiger partial charge in [-0.15, -0.1) is 0 Å². The number of halogens is 2. The molecule has 5 rings (SSSR count). The first-order valence-corrected chi connectivity index (χ1v) is 11.6. The summed E-state index contributed by atoms with van der Waals surface area (Å²) in [7, 11) is 0. The van der Waals surface area contributed by atoms with Gasteiger partial charge in [-0.05, 0) is 59.7 Å². The van der Waals surface area contributed by atoms with Gasteiger partial charge in [0.25, 0.3) is 5.91 Å². The first-order chi connectivity index (χ1) is 17.4. The van der Waals surface area contributed by atoms with Crippen LogP contribution in [0, 0.1) is 5.82 Å². The van der Waals surface area contributed by atoms with Crippen molar-refractivity contribution in [3.8, 4) is 16.9 Å². The van der Waals surface area contributed by atoms with Crippen LogP contribution in [0.5, 0.6) is 5.75 Å². The Labute approximate surface area is 212 Å². The molecule has 3 aromatic carbocycles. The fraction of sp³-hybridized carbons (Fsp3) is 0.107. The van der Waals surface area contributed by atoms with Crippen molar-refractivity contribution in [3.05, 3.63) is 119 Å². The molecule has 0 bridgehead atoms. The third-order valence-corrected chi connectivity index (χ3v) is 5.87. The fourth-order valence-electron chi connectivity index (χ4n) is 3.72. The van der Waals surface area contributed by atoms with Crippen molar-refractivity contribution in [3.63, 3.8) is 0 Å². The minimum atomic E-state index is -0.511. The number of rotatable bonds is 4. The zero-order valence-corrected chi connectivity index (χ0v) is 19.9. The number of hydrogen-bond donors (Lipinski definition) is 2. The van der Waals surface area contributed by atoms with E-state index in [2.05, 4.69) is 10.3 Å². The van der Waals surface area contributed by atoms with Crippen molar-refractivity contribution in [1.29, 1.82) is 0 Å². The smallest absolute Gasteiger partial charge is 0.251 e. The number of nitrogens with one attached hydrogen (secondary N) is 1. The zero-order valence-electron chi connectivity index (χ0n) is 19.2. The highest BCUT2D eigenvalue weighted by molar-refractivity contribution is 6.33. The molecule has 0 spiro atoms. The summed E-state index contributed by atoms with van der Waals surface area (Å²) in [6, 6.07) is 23.9. The van der Waals surface area contributed by atoms with Gasteiger partial charge in [-0.2, -0.15) is 0 Å². The summed E-state index contributed by atoms with van der Waals surface area (Å²) in [5, 5.41) is 3.29. The van der Waals surface area contributed by atoms with Gasteiger partial charge in [0.15, 0.2) is 0 Å². The van der Waals surface area contributed by atoms with Gasteiger partial charge in [0, 0.05) is 18.2 Å². The normalized spacial score (nSPS) is 13.9. The standard InChI is InChI=1S/C15H13FN2O2.C13H10ClNO/c16-11-5-3-10(4-6-11)15(19)18-12-7-9-20-13-2-1-8-17-14(12)13;14-12-7-6-10(8-11(12)13(15)16)9-4-2-1-3-5-9/h1-6,8,12H,7,9H2,(H,18,19);1-8H,(H2,15,16). The largest absolute Gasteiger partial charge is 0.491 e. The van der Waals surface area contributed by atoms with E-state index in [4.69, 9.17) is 22.1 Å². The lowest BCUT2D eigenvalue weighted by Crippen LogP contribution is -2.32. The maximum absolute atomic E-state index is 12.8. The number of nitrogens with zero attached hydrogens (tertiary/aromatic N) is 1. The van der Waals surface area contributed by atoms with Crippen LogP contribution >= 0.6 is 11.6 Å². The Hall–Kier alpha value is -4.23. The SMILES string of the molecule is NC(=O)c1cc(-c2ccccc2)ccc1Cl.O=C(NC1CCOc2cccnc21)c1ccc(F)cc1. The quantitative estimate of drug-likeness (QED) is 0.380. The number of fused-ring (bicyclic) bond motifs is 1. The number of ether oxygens (including phenoxy) is 1. The molecule has 1 atom stereocenters. The Balaban J connectivity index is 0.000000174. The molecule has 0 aliphatic carbocycles. The molecular weight excluding hydrogens is 481 g/mol. The monoisotopic (exact) mass is 503 g/mol. The number of pyridine rings is 1. The average molecular weight is 504 g/mol. The molecule has 8 heteroatoms. The van der Waals surface area contributed by atoms with Crippen LogP contribution in [0.15, 0.2) is 91.1 Å². The van der Waals surface area contributed by atoms with E-state index in [1.807, 2.05) is 42.5 Å². The summed E-state index contributed by atoms with van der Waals surface area (Å²) in [6.45, 7) is 0.535. The molecule has 1 aliphatic heterocycles. The second-order valence-electron chi connectivity index (χ2n) is 7.98.